The van der Waals surface area contributed by atoms with Crippen molar-refractivity contribution in [1.82, 2.24) is 0 Å². The summed E-state index contributed by atoms with van der Waals surface area (Å²) in [5.41, 5.74) is 1.75. The van der Waals surface area contributed by atoms with Crippen molar-refractivity contribution < 1.29 is 9.84 Å². The average Bonchev–Trinajstić information content (AvgIpc) is 2.46. The van der Waals surface area contributed by atoms with Gasteiger partial charge in [-0.25, -0.2) is 0 Å². The Labute approximate surface area is 104 Å². The zero-order valence-corrected chi connectivity index (χ0v) is 9.82. The Morgan fingerprint density at radius 2 is 1.94 bits per heavy atom. The van der Waals surface area contributed by atoms with Crippen LogP contribution in [0.25, 0.3) is 0 Å². The quantitative estimate of drug-likeness (QED) is 0.768. The zero-order valence-electron chi connectivity index (χ0n) is 9.06. The molecule has 0 radical (unpaired) electrons. The van der Waals surface area contributed by atoms with Crippen LogP contribution in [0.4, 0.5) is 0 Å². The molecule has 2 aromatic rings. The monoisotopic (exact) mass is 246 g/mol. The second-order valence-electron chi connectivity index (χ2n) is 4.11. The minimum atomic E-state index is -0.577. The lowest BCUT2D eigenvalue weighted by molar-refractivity contribution is 0.178. The molecule has 0 aromatic heterocycles. The van der Waals surface area contributed by atoms with Gasteiger partial charge in [0.15, 0.2) is 0 Å². The third kappa shape index (κ3) is 1.90. The lowest BCUT2D eigenvalue weighted by Gasteiger charge is -2.10. The third-order valence-corrected chi connectivity index (χ3v) is 3.17. The van der Waals surface area contributed by atoms with Gasteiger partial charge in [-0.2, -0.15) is 0 Å². The van der Waals surface area contributed by atoms with Crippen molar-refractivity contribution in [3.8, 4) is 11.5 Å². The van der Waals surface area contributed by atoms with Gasteiger partial charge >= 0.3 is 0 Å². The third-order valence-electron chi connectivity index (χ3n) is 2.94. The summed E-state index contributed by atoms with van der Waals surface area (Å²) < 4.78 is 5.81. The first-order valence-corrected chi connectivity index (χ1v) is 5.85. The molecule has 0 saturated carbocycles. The average molecular weight is 247 g/mol. The Morgan fingerprint density at radius 1 is 1.12 bits per heavy atom. The fourth-order valence-electron chi connectivity index (χ4n) is 2.08. The summed E-state index contributed by atoms with van der Waals surface area (Å²) in [7, 11) is 0. The highest BCUT2D eigenvalue weighted by atomic mass is 35.5. The van der Waals surface area contributed by atoms with E-state index in [4.69, 9.17) is 16.3 Å². The molecule has 0 bridgehead atoms. The number of halogens is 1. The summed E-state index contributed by atoms with van der Waals surface area (Å²) in [5, 5.41) is 10.8. The van der Waals surface area contributed by atoms with Crippen LogP contribution in [0.1, 0.15) is 17.2 Å². The second kappa shape index (κ2) is 4.06. The van der Waals surface area contributed by atoms with Crippen LogP contribution in [0.2, 0.25) is 5.02 Å². The zero-order chi connectivity index (χ0) is 11.8. The van der Waals surface area contributed by atoms with Crippen molar-refractivity contribution in [2.75, 3.05) is 0 Å². The predicted molar refractivity (Wildman–Crippen MR) is 66.6 cm³/mol. The first-order chi connectivity index (χ1) is 8.24. The van der Waals surface area contributed by atoms with Crippen LogP contribution in [0.15, 0.2) is 42.5 Å². The molecule has 1 aliphatic rings. The molecule has 1 aliphatic heterocycles. The summed E-state index contributed by atoms with van der Waals surface area (Å²) >= 11 is 5.94. The standard InChI is InChI=1S/C14H11ClO2/c15-10-5-6-14-11(8-10)12(16)7-9-3-1-2-4-13(9)17-14/h1-6,8,12,16H,7H2/t12-/m0/s1. The van der Waals surface area contributed by atoms with Crippen LogP contribution < -0.4 is 4.74 Å². The van der Waals surface area contributed by atoms with Crippen LogP contribution in [-0.4, -0.2) is 5.11 Å². The number of ether oxygens (including phenoxy) is 1. The van der Waals surface area contributed by atoms with E-state index in [0.29, 0.717) is 17.2 Å². The topological polar surface area (TPSA) is 29.5 Å². The fourth-order valence-corrected chi connectivity index (χ4v) is 2.26. The van der Waals surface area contributed by atoms with Crippen molar-refractivity contribution in [2.45, 2.75) is 12.5 Å². The molecule has 1 heterocycles. The molecule has 86 valence electrons. The van der Waals surface area contributed by atoms with Gasteiger partial charge in [0.1, 0.15) is 11.5 Å². The highest BCUT2D eigenvalue weighted by Crippen LogP contribution is 2.39. The molecular weight excluding hydrogens is 236 g/mol. The van der Waals surface area contributed by atoms with Gasteiger partial charge in [-0.05, 0) is 29.8 Å². The molecule has 17 heavy (non-hydrogen) atoms. The number of hydrogen-bond donors (Lipinski definition) is 1. The maximum absolute atomic E-state index is 10.2. The molecule has 1 atom stereocenters. The summed E-state index contributed by atoms with van der Waals surface area (Å²) in [6, 6.07) is 13.1. The lowest BCUT2D eigenvalue weighted by atomic mass is 10.0. The number of aliphatic hydroxyl groups excluding tert-OH is 1. The fraction of sp³-hybridized carbons (Fsp3) is 0.143. The molecule has 0 unspecified atom stereocenters. The lowest BCUT2D eigenvalue weighted by Crippen LogP contribution is -1.99. The molecule has 0 aliphatic carbocycles. The smallest absolute Gasteiger partial charge is 0.133 e. The van der Waals surface area contributed by atoms with E-state index in [-0.39, 0.29) is 0 Å². The summed E-state index contributed by atoms with van der Waals surface area (Å²) in [6.07, 6.45) is -0.0314. The van der Waals surface area contributed by atoms with E-state index in [0.717, 1.165) is 16.9 Å². The van der Waals surface area contributed by atoms with Gasteiger partial charge in [-0.3, -0.25) is 0 Å². The maximum Gasteiger partial charge on any atom is 0.133 e. The summed E-state index contributed by atoms with van der Waals surface area (Å²) in [5.74, 6) is 1.47. The van der Waals surface area contributed by atoms with E-state index >= 15 is 0 Å². The molecular formula is C14H11ClO2. The van der Waals surface area contributed by atoms with Crippen LogP contribution in [0.5, 0.6) is 11.5 Å². The Hall–Kier alpha value is -1.51. The largest absolute Gasteiger partial charge is 0.457 e. The predicted octanol–water partition coefficient (Wildman–Crippen LogP) is 3.72. The van der Waals surface area contributed by atoms with Crippen molar-refractivity contribution >= 4 is 11.6 Å². The van der Waals surface area contributed by atoms with Crippen molar-refractivity contribution in [3.05, 3.63) is 58.6 Å². The number of hydrogen-bond acceptors (Lipinski definition) is 2. The van der Waals surface area contributed by atoms with Crippen molar-refractivity contribution in [1.29, 1.82) is 0 Å². The maximum atomic E-state index is 10.2. The number of rotatable bonds is 0. The van der Waals surface area contributed by atoms with Crippen LogP contribution in [0, 0.1) is 0 Å². The van der Waals surface area contributed by atoms with Crippen LogP contribution in [-0.2, 0) is 6.42 Å². The van der Waals surface area contributed by atoms with E-state index in [1.807, 2.05) is 24.3 Å². The SMILES string of the molecule is O[C@H]1Cc2ccccc2Oc2ccc(Cl)cc21. The Bertz CT molecular complexity index is 566. The number of para-hydroxylation sites is 1. The molecule has 0 saturated heterocycles. The van der Waals surface area contributed by atoms with Gasteiger partial charge in [0.05, 0.1) is 6.10 Å². The highest BCUT2D eigenvalue weighted by molar-refractivity contribution is 6.30. The van der Waals surface area contributed by atoms with Gasteiger partial charge in [0, 0.05) is 17.0 Å². The molecule has 3 heteroatoms. The van der Waals surface area contributed by atoms with E-state index in [1.54, 1.807) is 18.2 Å². The first kappa shape index (κ1) is 10.6. The Morgan fingerprint density at radius 3 is 2.82 bits per heavy atom. The second-order valence-corrected chi connectivity index (χ2v) is 4.55. The highest BCUT2D eigenvalue weighted by Gasteiger charge is 2.21. The minimum Gasteiger partial charge on any atom is -0.457 e. The first-order valence-electron chi connectivity index (χ1n) is 5.47. The molecule has 3 rings (SSSR count). The van der Waals surface area contributed by atoms with Gasteiger partial charge < -0.3 is 9.84 Å². The van der Waals surface area contributed by atoms with Gasteiger partial charge in [-0.1, -0.05) is 29.8 Å². The van der Waals surface area contributed by atoms with Gasteiger partial charge in [0.25, 0.3) is 0 Å². The van der Waals surface area contributed by atoms with E-state index in [1.165, 1.54) is 0 Å². The molecule has 0 amide bonds. The number of aliphatic hydroxyl groups is 1. The van der Waals surface area contributed by atoms with Gasteiger partial charge in [0.2, 0.25) is 0 Å². The molecule has 0 spiro atoms. The Balaban J connectivity index is 2.14. The minimum absolute atomic E-state index is 0.545. The number of fused-ring (bicyclic) bond motifs is 2. The molecule has 2 nitrogen and oxygen atoms in total. The number of benzene rings is 2. The van der Waals surface area contributed by atoms with E-state index < -0.39 is 6.10 Å². The molecule has 0 fully saturated rings. The van der Waals surface area contributed by atoms with Crippen LogP contribution in [0.3, 0.4) is 0 Å². The van der Waals surface area contributed by atoms with E-state index in [9.17, 15) is 5.11 Å². The summed E-state index contributed by atoms with van der Waals surface area (Å²) in [6.45, 7) is 0. The van der Waals surface area contributed by atoms with E-state index in [2.05, 4.69) is 0 Å². The Kier molecular flexibility index (Phi) is 2.54. The summed E-state index contributed by atoms with van der Waals surface area (Å²) in [4.78, 5) is 0. The van der Waals surface area contributed by atoms with Crippen LogP contribution >= 0.6 is 11.6 Å². The molecule has 2 aromatic carbocycles. The normalized spacial score (nSPS) is 17.6. The molecule has 1 N–H and O–H groups in total. The van der Waals surface area contributed by atoms with Gasteiger partial charge in [-0.15, -0.1) is 0 Å². The van der Waals surface area contributed by atoms with Crippen molar-refractivity contribution in [3.63, 3.8) is 0 Å². The van der Waals surface area contributed by atoms with Crippen molar-refractivity contribution in [2.24, 2.45) is 0 Å².